The summed E-state index contributed by atoms with van der Waals surface area (Å²) < 4.78 is 33.0. The topological polar surface area (TPSA) is 58.6 Å². The van der Waals surface area contributed by atoms with Gasteiger partial charge in [0.2, 0.25) is 0 Å². The van der Waals surface area contributed by atoms with E-state index in [1.54, 1.807) is 12.1 Å². The van der Waals surface area contributed by atoms with Gasteiger partial charge in [0, 0.05) is 0 Å². The molecule has 1 atom stereocenters. The average molecular weight is 444 g/mol. The smallest absolute Gasteiger partial charge is 0.257 e. The Morgan fingerprint density at radius 3 is 2.55 bits per heavy atom. The van der Waals surface area contributed by atoms with Crippen molar-refractivity contribution in [2.75, 3.05) is 7.11 Å². The van der Waals surface area contributed by atoms with Gasteiger partial charge in [-0.15, -0.1) is 0 Å². The first-order valence-corrected chi connectivity index (χ1v) is 9.96. The van der Waals surface area contributed by atoms with E-state index >= 15 is 0 Å². The summed E-state index contributed by atoms with van der Waals surface area (Å²) in [5.41, 5.74) is -1.20. The maximum Gasteiger partial charge on any atom is 0.257 e. The maximum absolute atomic E-state index is 14.1. The largest absolute Gasteiger partial charge is 0.496 e. The van der Waals surface area contributed by atoms with Gasteiger partial charge in [0.1, 0.15) is 17.7 Å². The number of amides is 1. The lowest BCUT2D eigenvalue weighted by Crippen LogP contribution is -2.48. The van der Waals surface area contributed by atoms with E-state index in [1.165, 1.54) is 31.4 Å². The molecule has 2 aromatic carbocycles. The van der Waals surface area contributed by atoms with Gasteiger partial charge in [-0.05, 0) is 49.4 Å². The molecule has 2 N–H and O–H groups in total. The summed E-state index contributed by atoms with van der Waals surface area (Å²) in [5.74, 6) is -1.05. The minimum absolute atomic E-state index is 0.0805. The van der Waals surface area contributed by atoms with Crippen molar-refractivity contribution in [3.05, 3.63) is 63.4 Å². The van der Waals surface area contributed by atoms with Gasteiger partial charge in [0.05, 0.1) is 34.4 Å². The number of hydrogen-bond donors (Lipinski definition) is 2. The van der Waals surface area contributed by atoms with Gasteiger partial charge in [-0.2, -0.15) is 0 Å². The molecule has 1 unspecified atom stereocenters. The highest BCUT2D eigenvalue weighted by molar-refractivity contribution is 6.34. The van der Waals surface area contributed by atoms with Gasteiger partial charge < -0.3 is 15.2 Å². The second-order valence-corrected chi connectivity index (χ2v) is 7.93. The van der Waals surface area contributed by atoms with E-state index in [9.17, 15) is 18.7 Å². The van der Waals surface area contributed by atoms with Crippen molar-refractivity contribution in [2.45, 2.75) is 43.5 Å². The fourth-order valence-corrected chi connectivity index (χ4v) is 4.20. The number of halogens is 4. The highest BCUT2D eigenvalue weighted by Crippen LogP contribution is 2.42. The lowest BCUT2D eigenvalue weighted by atomic mass is 9.76. The van der Waals surface area contributed by atoms with Gasteiger partial charge >= 0.3 is 0 Å². The molecule has 1 fully saturated rings. The zero-order chi connectivity index (χ0) is 21.2. The van der Waals surface area contributed by atoms with Crippen LogP contribution in [0.2, 0.25) is 10.0 Å². The average Bonchev–Trinajstić information content (AvgIpc) is 2.70. The van der Waals surface area contributed by atoms with Crippen LogP contribution < -0.4 is 10.1 Å². The first-order valence-electron chi connectivity index (χ1n) is 9.20. The first kappa shape index (κ1) is 21.8. The molecular formula is C21H21Cl2F2NO3. The van der Waals surface area contributed by atoms with Crippen LogP contribution in [0.3, 0.4) is 0 Å². The fraction of sp³-hybridized carbons (Fsp3) is 0.381. The van der Waals surface area contributed by atoms with Crippen molar-refractivity contribution in [2.24, 2.45) is 0 Å². The number of hydrogen-bond acceptors (Lipinski definition) is 3. The molecule has 0 aliphatic heterocycles. The van der Waals surface area contributed by atoms with Crippen molar-refractivity contribution in [3.8, 4) is 5.75 Å². The fourth-order valence-electron chi connectivity index (χ4n) is 3.71. The highest BCUT2D eigenvalue weighted by Gasteiger charge is 2.43. The molecule has 0 bridgehead atoms. The van der Waals surface area contributed by atoms with E-state index in [-0.39, 0.29) is 52.6 Å². The van der Waals surface area contributed by atoms with Gasteiger partial charge in [0.25, 0.3) is 5.91 Å². The minimum atomic E-state index is -1.50. The quantitative estimate of drug-likeness (QED) is 0.662. The third kappa shape index (κ3) is 4.49. The zero-order valence-corrected chi connectivity index (χ0v) is 17.2. The van der Waals surface area contributed by atoms with Crippen LogP contribution in [0.1, 0.15) is 47.6 Å². The molecule has 8 heteroatoms. The predicted molar refractivity (Wildman–Crippen MR) is 108 cm³/mol. The van der Waals surface area contributed by atoms with E-state index in [4.69, 9.17) is 27.9 Å². The normalized spacial score (nSPS) is 22.8. The molecule has 1 amide bonds. The monoisotopic (exact) mass is 443 g/mol. The van der Waals surface area contributed by atoms with E-state index < -0.39 is 29.5 Å². The van der Waals surface area contributed by atoms with Crippen LogP contribution in [-0.2, 0) is 0 Å². The molecule has 29 heavy (non-hydrogen) atoms. The Kier molecular flexibility index (Phi) is 6.66. The summed E-state index contributed by atoms with van der Waals surface area (Å²) in [5, 5.41) is 14.0. The Morgan fingerprint density at radius 2 is 1.90 bits per heavy atom. The van der Waals surface area contributed by atoms with Crippen LogP contribution in [0.15, 0.2) is 36.4 Å². The summed E-state index contributed by atoms with van der Waals surface area (Å²) in [6.45, 7) is 0. The van der Waals surface area contributed by atoms with Crippen LogP contribution in [-0.4, -0.2) is 29.9 Å². The van der Waals surface area contributed by atoms with Gasteiger partial charge in [0.15, 0.2) is 0 Å². The van der Waals surface area contributed by atoms with Crippen molar-refractivity contribution in [3.63, 3.8) is 0 Å². The lowest BCUT2D eigenvalue weighted by Gasteiger charge is -2.41. The summed E-state index contributed by atoms with van der Waals surface area (Å²) >= 11 is 12.3. The number of carbonyl (C=O) groups is 1. The van der Waals surface area contributed by atoms with Crippen LogP contribution in [0.4, 0.5) is 8.78 Å². The molecule has 0 spiro atoms. The second-order valence-electron chi connectivity index (χ2n) is 7.14. The van der Waals surface area contributed by atoms with E-state index in [0.717, 1.165) is 0 Å². The molecule has 3 rings (SSSR count). The summed E-state index contributed by atoms with van der Waals surface area (Å²) in [4.78, 5) is 13.1. The Morgan fingerprint density at radius 1 is 1.24 bits per heavy atom. The maximum atomic E-state index is 14.1. The number of carbonyl (C=O) groups excluding carboxylic acids is 1. The zero-order valence-electron chi connectivity index (χ0n) is 15.7. The minimum Gasteiger partial charge on any atom is -0.496 e. The molecule has 0 radical (unpaired) electrons. The molecule has 4 nitrogen and oxygen atoms in total. The molecule has 1 aliphatic rings. The second kappa shape index (κ2) is 8.86. The number of nitrogens with one attached hydrogen (secondary N) is 1. The van der Waals surface area contributed by atoms with Crippen molar-refractivity contribution >= 4 is 29.1 Å². The SMILES string of the molecule is COc1cccc(Cl)c1C(=O)NC(c1cccc(F)c1Cl)[C@]1(O)CC[C@H](F)CC1. The van der Waals surface area contributed by atoms with E-state index in [0.29, 0.717) is 0 Å². The number of aliphatic hydroxyl groups is 1. The summed E-state index contributed by atoms with van der Waals surface area (Å²) in [6.07, 6.45) is -0.591. The molecule has 1 saturated carbocycles. The van der Waals surface area contributed by atoms with E-state index in [2.05, 4.69) is 5.32 Å². The molecule has 1 aliphatic carbocycles. The Labute approximate surface area is 177 Å². The van der Waals surface area contributed by atoms with Crippen molar-refractivity contribution in [1.29, 1.82) is 0 Å². The predicted octanol–water partition coefficient (Wildman–Crippen LogP) is 5.26. The third-order valence-corrected chi connectivity index (χ3v) is 6.02. The number of rotatable bonds is 5. The third-order valence-electron chi connectivity index (χ3n) is 5.31. The van der Waals surface area contributed by atoms with Crippen LogP contribution in [0.5, 0.6) is 5.75 Å². The highest BCUT2D eigenvalue weighted by atomic mass is 35.5. The van der Waals surface area contributed by atoms with Gasteiger partial charge in [-0.25, -0.2) is 8.78 Å². The Bertz CT molecular complexity index is 901. The molecular weight excluding hydrogens is 423 g/mol. The van der Waals surface area contributed by atoms with Crippen LogP contribution in [0, 0.1) is 5.82 Å². The Hall–Kier alpha value is -1.89. The molecule has 0 aromatic heterocycles. The molecule has 0 saturated heterocycles. The van der Waals surface area contributed by atoms with E-state index in [1.807, 2.05) is 0 Å². The van der Waals surface area contributed by atoms with Crippen molar-refractivity contribution < 1.29 is 23.4 Å². The van der Waals surface area contributed by atoms with Crippen molar-refractivity contribution in [1.82, 2.24) is 5.32 Å². The summed E-state index contributed by atoms with van der Waals surface area (Å²) in [7, 11) is 1.40. The summed E-state index contributed by atoms with van der Waals surface area (Å²) in [6, 6.07) is 7.83. The lowest BCUT2D eigenvalue weighted by molar-refractivity contribution is -0.0446. The molecule has 0 heterocycles. The first-order chi connectivity index (χ1) is 13.8. The molecule has 156 valence electrons. The van der Waals surface area contributed by atoms with Crippen LogP contribution >= 0.6 is 23.2 Å². The molecule has 2 aromatic rings. The van der Waals surface area contributed by atoms with Gasteiger partial charge in [-0.3, -0.25) is 4.79 Å². The number of methoxy groups -OCH3 is 1. The Balaban J connectivity index is 2.03. The number of alkyl halides is 1. The van der Waals surface area contributed by atoms with Crippen LogP contribution in [0.25, 0.3) is 0 Å². The van der Waals surface area contributed by atoms with Gasteiger partial charge in [-0.1, -0.05) is 41.4 Å². The number of benzene rings is 2. The number of ether oxygens (including phenoxy) is 1. The standard InChI is InChI=1S/C21H21Cl2F2NO3/c1-29-16-7-3-5-14(22)17(16)20(27)26-19(13-4-2-6-15(25)18(13)23)21(28)10-8-12(24)9-11-21/h2-7,12,19,28H,8-11H2,1H3,(H,26,27)/t12-,19?,21-.